The van der Waals surface area contributed by atoms with Crippen LogP contribution in [0.25, 0.3) is 0 Å². The first-order chi connectivity index (χ1) is 7.75. The summed E-state index contributed by atoms with van der Waals surface area (Å²) >= 11 is 11.9. The molecule has 2 aromatic carbocycles. The molecule has 0 N–H and O–H groups in total. The van der Waals surface area contributed by atoms with E-state index in [1.807, 2.05) is 30.3 Å². The third kappa shape index (κ3) is 2.84. The van der Waals surface area contributed by atoms with Gasteiger partial charge in [-0.15, -0.1) is 0 Å². The van der Waals surface area contributed by atoms with Gasteiger partial charge in [0.25, 0.3) is 0 Å². The van der Waals surface area contributed by atoms with E-state index in [0.29, 0.717) is 15.7 Å². The van der Waals surface area contributed by atoms with Gasteiger partial charge in [-0.05, 0) is 23.8 Å². The van der Waals surface area contributed by atoms with Crippen LogP contribution >= 0.6 is 23.2 Å². The summed E-state index contributed by atoms with van der Waals surface area (Å²) in [5.41, 5.74) is 1.71. The predicted molar refractivity (Wildman–Crippen MR) is 70.2 cm³/mol. The summed E-state index contributed by atoms with van der Waals surface area (Å²) in [5, 5.41) is 1.22. The van der Waals surface area contributed by atoms with Gasteiger partial charge in [0.15, 0.2) is 0 Å². The second kappa shape index (κ2) is 5.15. The second-order valence-corrected chi connectivity index (χ2v) is 4.11. The SMILES string of the molecule is Clc1ccc(Cl)c(/N=C/c2ccccc2)c1. The number of hydrogen-bond donors (Lipinski definition) is 0. The topological polar surface area (TPSA) is 12.4 Å². The van der Waals surface area contributed by atoms with E-state index >= 15 is 0 Å². The van der Waals surface area contributed by atoms with Gasteiger partial charge in [-0.1, -0.05) is 53.5 Å². The van der Waals surface area contributed by atoms with E-state index in [1.54, 1.807) is 24.4 Å². The minimum absolute atomic E-state index is 0.594. The van der Waals surface area contributed by atoms with Crippen LogP contribution in [0.15, 0.2) is 53.5 Å². The Morgan fingerprint density at radius 3 is 2.44 bits per heavy atom. The maximum absolute atomic E-state index is 5.99. The molecule has 16 heavy (non-hydrogen) atoms. The molecule has 0 aliphatic carbocycles. The maximum atomic E-state index is 5.99. The zero-order chi connectivity index (χ0) is 11.4. The molecule has 3 heteroatoms. The first-order valence-electron chi connectivity index (χ1n) is 4.80. The molecule has 0 atom stereocenters. The Morgan fingerprint density at radius 1 is 0.938 bits per heavy atom. The third-order valence-electron chi connectivity index (χ3n) is 2.06. The summed E-state index contributed by atoms with van der Waals surface area (Å²) in [4.78, 5) is 4.30. The molecule has 1 nitrogen and oxygen atoms in total. The Bertz CT molecular complexity index is 507. The summed E-state index contributed by atoms with van der Waals surface area (Å²) in [6.45, 7) is 0. The fraction of sp³-hybridized carbons (Fsp3) is 0. The lowest BCUT2D eigenvalue weighted by Crippen LogP contribution is -1.78. The number of halogens is 2. The Balaban J connectivity index is 2.27. The summed E-state index contributed by atoms with van der Waals surface area (Å²) in [5.74, 6) is 0. The molecule has 0 fully saturated rings. The van der Waals surface area contributed by atoms with Gasteiger partial charge in [0, 0.05) is 11.2 Å². The van der Waals surface area contributed by atoms with E-state index in [-0.39, 0.29) is 0 Å². The fourth-order valence-electron chi connectivity index (χ4n) is 1.27. The van der Waals surface area contributed by atoms with E-state index in [2.05, 4.69) is 4.99 Å². The van der Waals surface area contributed by atoms with E-state index < -0.39 is 0 Å². The Labute approximate surface area is 104 Å². The normalized spacial score (nSPS) is 10.9. The van der Waals surface area contributed by atoms with Crippen molar-refractivity contribution in [2.45, 2.75) is 0 Å². The van der Waals surface area contributed by atoms with Crippen LogP contribution in [0.4, 0.5) is 5.69 Å². The minimum atomic E-state index is 0.594. The van der Waals surface area contributed by atoms with Gasteiger partial charge in [-0.2, -0.15) is 0 Å². The maximum Gasteiger partial charge on any atom is 0.0830 e. The van der Waals surface area contributed by atoms with Crippen molar-refractivity contribution in [1.29, 1.82) is 0 Å². The van der Waals surface area contributed by atoms with Crippen LogP contribution in [-0.4, -0.2) is 6.21 Å². The van der Waals surface area contributed by atoms with Crippen molar-refractivity contribution < 1.29 is 0 Å². The average Bonchev–Trinajstić information content (AvgIpc) is 2.32. The monoisotopic (exact) mass is 249 g/mol. The molecule has 80 valence electrons. The zero-order valence-corrected chi connectivity index (χ0v) is 9.91. The molecule has 0 saturated heterocycles. The standard InChI is InChI=1S/C13H9Cl2N/c14-11-6-7-12(15)13(8-11)16-9-10-4-2-1-3-5-10/h1-9H/b16-9+. The molecule has 2 rings (SSSR count). The number of nitrogens with zero attached hydrogens (tertiary/aromatic N) is 1. The highest BCUT2D eigenvalue weighted by molar-refractivity contribution is 6.35. The molecule has 0 unspecified atom stereocenters. The largest absolute Gasteiger partial charge is 0.255 e. The lowest BCUT2D eigenvalue weighted by Gasteiger charge is -1.98. The minimum Gasteiger partial charge on any atom is -0.255 e. The van der Waals surface area contributed by atoms with E-state index in [4.69, 9.17) is 23.2 Å². The fourth-order valence-corrected chi connectivity index (χ4v) is 1.60. The van der Waals surface area contributed by atoms with Gasteiger partial charge in [0.2, 0.25) is 0 Å². The van der Waals surface area contributed by atoms with E-state index in [0.717, 1.165) is 5.56 Å². The summed E-state index contributed by atoms with van der Waals surface area (Å²) < 4.78 is 0. The van der Waals surface area contributed by atoms with Crippen LogP contribution in [0.2, 0.25) is 10.0 Å². The summed E-state index contributed by atoms with van der Waals surface area (Å²) in [6, 6.07) is 15.0. The summed E-state index contributed by atoms with van der Waals surface area (Å²) in [6.07, 6.45) is 1.76. The predicted octanol–water partition coefficient (Wildman–Crippen LogP) is 4.74. The number of hydrogen-bond acceptors (Lipinski definition) is 1. The van der Waals surface area contributed by atoms with Gasteiger partial charge >= 0.3 is 0 Å². The molecule has 0 bridgehead atoms. The van der Waals surface area contributed by atoms with E-state index in [1.165, 1.54) is 0 Å². The van der Waals surface area contributed by atoms with Crippen LogP contribution in [0, 0.1) is 0 Å². The van der Waals surface area contributed by atoms with Crippen LogP contribution in [-0.2, 0) is 0 Å². The third-order valence-corrected chi connectivity index (χ3v) is 2.62. The van der Waals surface area contributed by atoms with Gasteiger partial charge in [-0.25, -0.2) is 0 Å². The lowest BCUT2D eigenvalue weighted by molar-refractivity contribution is 1.52. The molecule has 0 aliphatic heterocycles. The number of benzene rings is 2. The number of rotatable bonds is 2. The summed E-state index contributed by atoms with van der Waals surface area (Å²) in [7, 11) is 0. The molecule has 0 aliphatic rings. The Morgan fingerprint density at radius 2 is 1.69 bits per heavy atom. The van der Waals surface area contributed by atoms with Crippen LogP contribution in [0.5, 0.6) is 0 Å². The molecule has 0 spiro atoms. The molecule has 0 aromatic heterocycles. The quantitative estimate of drug-likeness (QED) is 0.682. The van der Waals surface area contributed by atoms with Gasteiger partial charge < -0.3 is 0 Å². The molecular formula is C13H9Cl2N. The molecule has 0 radical (unpaired) electrons. The smallest absolute Gasteiger partial charge is 0.0830 e. The van der Waals surface area contributed by atoms with Crippen LogP contribution in [0.3, 0.4) is 0 Å². The van der Waals surface area contributed by atoms with Crippen LogP contribution < -0.4 is 0 Å². The number of aliphatic imine (C=N–C) groups is 1. The zero-order valence-electron chi connectivity index (χ0n) is 8.40. The first-order valence-corrected chi connectivity index (χ1v) is 5.55. The van der Waals surface area contributed by atoms with Crippen molar-refractivity contribution in [3.05, 3.63) is 64.1 Å². The van der Waals surface area contributed by atoms with Crippen molar-refractivity contribution in [3.8, 4) is 0 Å². The lowest BCUT2D eigenvalue weighted by atomic mass is 10.2. The van der Waals surface area contributed by atoms with Gasteiger partial charge in [-0.3, -0.25) is 4.99 Å². The molecular weight excluding hydrogens is 241 g/mol. The molecule has 0 saturated carbocycles. The highest BCUT2D eigenvalue weighted by atomic mass is 35.5. The Kier molecular flexibility index (Phi) is 3.60. The molecule has 0 heterocycles. The average molecular weight is 250 g/mol. The Hall–Kier alpha value is -1.31. The molecule has 0 amide bonds. The van der Waals surface area contributed by atoms with Gasteiger partial charge in [0.1, 0.15) is 0 Å². The second-order valence-electron chi connectivity index (χ2n) is 3.26. The van der Waals surface area contributed by atoms with Crippen molar-refractivity contribution in [3.63, 3.8) is 0 Å². The highest BCUT2D eigenvalue weighted by Crippen LogP contribution is 2.27. The van der Waals surface area contributed by atoms with Crippen LogP contribution in [0.1, 0.15) is 5.56 Å². The van der Waals surface area contributed by atoms with E-state index in [9.17, 15) is 0 Å². The molecule has 2 aromatic rings. The first kappa shape index (κ1) is 11.2. The van der Waals surface area contributed by atoms with Crippen molar-refractivity contribution in [2.75, 3.05) is 0 Å². The van der Waals surface area contributed by atoms with Crippen molar-refractivity contribution >= 4 is 35.1 Å². The van der Waals surface area contributed by atoms with Crippen molar-refractivity contribution in [2.24, 2.45) is 4.99 Å². The van der Waals surface area contributed by atoms with Crippen molar-refractivity contribution in [1.82, 2.24) is 0 Å². The highest BCUT2D eigenvalue weighted by Gasteiger charge is 1.98. The van der Waals surface area contributed by atoms with Gasteiger partial charge in [0.05, 0.1) is 10.7 Å².